The maximum atomic E-state index is 11.6. The molecular weight excluding hydrogens is 720 g/mol. The lowest BCUT2D eigenvalue weighted by atomic mass is 10.0. The number of aliphatic hydroxyl groups is 2. The van der Waals surface area contributed by atoms with Crippen molar-refractivity contribution in [3.63, 3.8) is 0 Å². The van der Waals surface area contributed by atoms with E-state index in [-0.39, 0.29) is 18.6 Å². The minimum absolute atomic E-state index is 0.000128. The van der Waals surface area contributed by atoms with Crippen molar-refractivity contribution >= 4 is 33.3 Å². The number of benzene rings is 4. The number of terminal acetylenes is 1. The second kappa shape index (κ2) is 19.5. The first-order chi connectivity index (χ1) is 25.1. The molecule has 1 saturated heterocycles. The lowest BCUT2D eigenvalue weighted by molar-refractivity contribution is -0.0459. The number of allylic oxidation sites excluding steroid dienone is 1. The molecule has 262 valence electrons. The number of aliphatic hydroxyl groups excluding tert-OH is 2. The monoisotopic (exact) mass is 756 g/mol. The average molecular weight is 758 g/mol. The number of aromatic amines is 1. The molecule has 10 heteroatoms. The van der Waals surface area contributed by atoms with Crippen LogP contribution in [0.1, 0.15) is 40.5 Å². The Bertz CT molecular complexity index is 2160. The zero-order valence-corrected chi connectivity index (χ0v) is 30.2. The molecule has 0 radical (unpaired) electrons. The lowest BCUT2D eigenvalue weighted by Gasteiger charge is -2.14. The highest BCUT2D eigenvalue weighted by molar-refractivity contribution is 9.10. The summed E-state index contributed by atoms with van der Waals surface area (Å²) in [7, 11) is 4.01. The normalized spacial score (nSPS) is 16.0. The largest absolute Gasteiger partial charge is 0.394 e. The summed E-state index contributed by atoms with van der Waals surface area (Å²) in [5, 5.41) is 27.8. The second-order valence-corrected chi connectivity index (χ2v) is 12.5. The van der Waals surface area contributed by atoms with Gasteiger partial charge in [0.15, 0.2) is 0 Å². The average Bonchev–Trinajstić information content (AvgIpc) is 3.55. The van der Waals surface area contributed by atoms with Crippen molar-refractivity contribution in [2.75, 3.05) is 25.6 Å². The van der Waals surface area contributed by atoms with Crippen LogP contribution < -0.4 is 16.1 Å². The molecule has 0 aliphatic carbocycles. The molecule has 3 atom stereocenters. The Hall–Kier alpha value is -5.93. The highest BCUT2D eigenvalue weighted by Gasteiger charge is 2.35. The van der Waals surface area contributed by atoms with E-state index in [1.54, 1.807) is 0 Å². The smallest absolute Gasteiger partial charge is 0.330 e. The molecule has 1 aliphatic rings. The second-order valence-electron chi connectivity index (χ2n) is 11.6. The van der Waals surface area contributed by atoms with Crippen LogP contribution in [0.25, 0.3) is 11.6 Å². The number of hydrogen-bond acceptors (Lipinski definition) is 7. The standard InChI is InChI=1S/C17H15BrN2.C14H10.C11H12N2O5/c1-20(2)17-9-3-13(4-10-17)11-15(12-19)14-5-7-16(18)8-6-14;1-3-7-13(8-4-1)11-12-14-9-5-2-6-10-14;1-2-6-4-13(11(17)12-10(6)16)9-3-7(15)8(5-14)18-9/h3-11H,1-2H3;1-10H;1,4,7-9,14-15H,3,5H2,(H,12,16,17)/b15-11+;;/t;;7-,8-,9-/m..1/s1. The minimum Gasteiger partial charge on any atom is -0.394 e. The number of halogens is 1. The van der Waals surface area contributed by atoms with Gasteiger partial charge in [-0.2, -0.15) is 5.26 Å². The summed E-state index contributed by atoms with van der Waals surface area (Å²) >= 11 is 3.40. The maximum absolute atomic E-state index is 11.6. The van der Waals surface area contributed by atoms with Crippen LogP contribution in [0.2, 0.25) is 0 Å². The van der Waals surface area contributed by atoms with Gasteiger partial charge in [0.2, 0.25) is 0 Å². The molecule has 3 N–H and O–H groups in total. The van der Waals surface area contributed by atoms with Crippen LogP contribution in [0, 0.1) is 35.5 Å². The number of hydrogen-bond donors (Lipinski definition) is 3. The zero-order chi connectivity index (χ0) is 37.5. The number of anilines is 1. The Kier molecular flexibility index (Phi) is 14.5. The molecule has 1 aromatic heterocycles. The van der Waals surface area contributed by atoms with Crippen molar-refractivity contribution in [2.24, 2.45) is 0 Å². The van der Waals surface area contributed by atoms with Crippen molar-refractivity contribution in [3.8, 4) is 30.3 Å². The zero-order valence-electron chi connectivity index (χ0n) is 28.6. The summed E-state index contributed by atoms with van der Waals surface area (Å²) < 4.78 is 7.42. The van der Waals surface area contributed by atoms with Crippen LogP contribution in [0.5, 0.6) is 0 Å². The van der Waals surface area contributed by atoms with Gasteiger partial charge in [-0.1, -0.05) is 94.4 Å². The van der Waals surface area contributed by atoms with E-state index in [0.717, 1.165) is 37.0 Å². The van der Waals surface area contributed by atoms with Gasteiger partial charge in [-0.25, -0.2) is 4.79 Å². The first-order valence-electron chi connectivity index (χ1n) is 16.2. The summed E-state index contributed by atoms with van der Waals surface area (Å²) in [6, 6.07) is 38.1. The fourth-order valence-electron chi connectivity index (χ4n) is 4.88. The molecule has 9 nitrogen and oxygen atoms in total. The van der Waals surface area contributed by atoms with Crippen LogP contribution in [0.3, 0.4) is 0 Å². The Balaban J connectivity index is 0.000000177. The highest BCUT2D eigenvalue weighted by atomic mass is 79.9. The Morgan fingerprint density at radius 3 is 2.02 bits per heavy atom. The van der Waals surface area contributed by atoms with E-state index in [2.05, 4.69) is 44.7 Å². The summed E-state index contributed by atoms with van der Waals surface area (Å²) in [5.74, 6) is 8.37. The maximum Gasteiger partial charge on any atom is 0.330 e. The molecule has 0 saturated carbocycles. The first-order valence-corrected chi connectivity index (χ1v) is 16.9. The Morgan fingerprint density at radius 1 is 0.962 bits per heavy atom. The predicted molar refractivity (Wildman–Crippen MR) is 208 cm³/mol. The number of ether oxygens (including phenoxy) is 1. The van der Waals surface area contributed by atoms with Crippen molar-refractivity contribution in [2.45, 2.75) is 24.9 Å². The fourth-order valence-corrected chi connectivity index (χ4v) is 5.15. The summed E-state index contributed by atoms with van der Waals surface area (Å²) in [6.07, 6.45) is 6.02. The van der Waals surface area contributed by atoms with Crippen molar-refractivity contribution < 1.29 is 14.9 Å². The van der Waals surface area contributed by atoms with E-state index >= 15 is 0 Å². The molecule has 0 unspecified atom stereocenters. The van der Waals surface area contributed by atoms with E-state index in [9.17, 15) is 20.0 Å². The summed E-state index contributed by atoms with van der Waals surface area (Å²) in [5.41, 5.74) is 4.54. The van der Waals surface area contributed by atoms with Crippen LogP contribution in [0.4, 0.5) is 5.69 Å². The molecule has 2 heterocycles. The number of nitrogens with zero attached hydrogens (tertiary/aromatic N) is 3. The van der Waals surface area contributed by atoms with Gasteiger partial charge in [0.1, 0.15) is 17.9 Å². The molecular formula is C42H37BrN4O5. The Morgan fingerprint density at radius 2 is 1.54 bits per heavy atom. The third-order valence-corrected chi connectivity index (χ3v) is 8.24. The van der Waals surface area contributed by atoms with Crippen LogP contribution in [0.15, 0.2) is 129 Å². The third-order valence-electron chi connectivity index (χ3n) is 7.71. The molecule has 1 fully saturated rings. The number of nitrogens with one attached hydrogen (secondary N) is 1. The van der Waals surface area contributed by atoms with Gasteiger partial charge in [-0.3, -0.25) is 14.3 Å². The Labute approximate surface area is 311 Å². The lowest BCUT2D eigenvalue weighted by Crippen LogP contribution is -2.33. The summed E-state index contributed by atoms with van der Waals surface area (Å²) in [6.45, 7) is -0.349. The van der Waals surface area contributed by atoms with E-state index in [0.29, 0.717) is 5.57 Å². The minimum atomic E-state index is -0.867. The van der Waals surface area contributed by atoms with Gasteiger partial charge < -0.3 is 19.8 Å². The van der Waals surface area contributed by atoms with Crippen LogP contribution in [-0.4, -0.2) is 52.7 Å². The molecule has 0 amide bonds. The molecule has 6 rings (SSSR count). The number of H-pyrrole nitrogens is 1. The quantitative estimate of drug-likeness (QED) is 0.117. The van der Waals surface area contributed by atoms with E-state index in [1.807, 2.05) is 134 Å². The van der Waals surface area contributed by atoms with E-state index < -0.39 is 29.7 Å². The van der Waals surface area contributed by atoms with Crippen molar-refractivity contribution in [1.82, 2.24) is 9.55 Å². The van der Waals surface area contributed by atoms with Crippen molar-refractivity contribution in [1.29, 1.82) is 5.26 Å². The molecule has 1 aliphatic heterocycles. The SMILES string of the molecule is C#Cc1cn([C@H]2C[C@@H](O)[C@@H](CO)O2)c(=O)[nH]c1=O.C(#Cc1ccccc1)c1ccccc1.CN(C)c1ccc(/C=C(\C#N)c2ccc(Br)cc2)cc1. The topological polar surface area (TPSA) is 132 Å². The molecule has 0 spiro atoms. The van der Waals surface area contributed by atoms with E-state index in [4.69, 9.17) is 16.3 Å². The first kappa shape index (κ1) is 38.9. The van der Waals surface area contributed by atoms with Crippen LogP contribution >= 0.6 is 15.9 Å². The van der Waals surface area contributed by atoms with Gasteiger partial charge in [0.05, 0.1) is 24.4 Å². The van der Waals surface area contributed by atoms with Gasteiger partial charge in [-0.05, 0) is 65.7 Å². The van der Waals surface area contributed by atoms with Gasteiger partial charge >= 0.3 is 5.69 Å². The predicted octanol–water partition coefficient (Wildman–Crippen LogP) is 5.82. The molecule has 0 bridgehead atoms. The van der Waals surface area contributed by atoms with Crippen LogP contribution in [-0.2, 0) is 4.74 Å². The number of rotatable bonds is 5. The summed E-state index contributed by atoms with van der Waals surface area (Å²) in [4.78, 5) is 27.0. The number of aromatic nitrogens is 2. The highest BCUT2D eigenvalue weighted by Crippen LogP contribution is 2.27. The third kappa shape index (κ3) is 11.3. The van der Waals surface area contributed by atoms with Gasteiger partial charge in [0.25, 0.3) is 5.56 Å². The van der Waals surface area contributed by atoms with E-state index in [1.165, 1.54) is 6.20 Å². The van der Waals surface area contributed by atoms with Gasteiger partial charge in [0, 0.05) is 48.0 Å². The molecule has 5 aromatic rings. The fraction of sp³-hybridized carbons (Fsp3) is 0.167. The number of nitriles is 1. The van der Waals surface area contributed by atoms with Gasteiger partial charge in [-0.15, -0.1) is 6.42 Å². The van der Waals surface area contributed by atoms with Crippen molar-refractivity contribution in [3.05, 3.63) is 169 Å². The molecule has 52 heavy (non-hydrogen) atoms. The molecule has 4 aromatic carbocycles.